The van der Waals surface area contributed by atoms with Crippen molar-refractivity contribution < 1.29 is 8.83 Å². The van der Waals surface area contributed by atoms with Gasteiger partial charge >= 0.3 is 0 Å². The maximum atomic E-state index is 6.99. The summed E-state index contributed by atoms with van der Waals surface area (Å²) in [5, 5.41) is 9.21. The zero-order valence-electron chi connectivity index (χ0n) is 32.4. The Morgan fingerprint density at radius 3 is 2.03 bits per heavy atom. The highest BCUT2D eigenvalue weighted by Gasteiger charge is 2.36. The summed E-state index contributed by atoms with van der Waals surface area (Å²) in [4.78, 5) is 2.46. The predicted octanol–water partition coefficient (Wildman–Crippen LogP) is 16.4. The van der Waals surface area contributed by atoms with E-state index < -0.39 is 0 Å². The molecular weight excluding hydrogens is 739 g/mol. The molecule has 0 N–H and O–H groups in total. The van der Waals surface area contributed by atoms with Gasteiger partial charge < -0.3 is 13.7 Å². The highest BCUT2D eigenvalue weighted by molar-refractivity contribution is 7.26. The molecule has 12 aromatic rings. The second-order valence-electron chi connectivity index (χ2n) is 16.4. The van der Waals surface area contributed by atoms with Crippen LogP contribution in [-0.4, -0.2) is 0 Å². The van der Waals surface area contributed by atoms with Gasteiger partial charge in [0.05, 0.1) is 10.4 Å². The van der Waals surface area contributed by atoms with Gasteiger partial charge in [-0.25, -0.2) is 0 Å². The van der Waals surface area contributed by atoms with Crippen LogP contribution >= 0.6 is 11.3 Å². The molecule has 59 heavy (non-hydrogen) atoms. The summed E-state index contributed by atoms with van der Waals surface area (Å²) in [7, 11) is 0. The zero-order valence-corrected chi connectivity index (χ0v) is 33.2. The minimum absolute atomic E-state index is 0.137. The lowest BCUT2D eigenvalue weighted by atomic mass is 9.82. The Bertz CT molecular complexity index is 3730. The number of thiophene rings is 1. The Morgan fingerprint density at radius 2 is 1.10 bits per heavy atom. The molecule has 278 valence electrons. The van der Waals surface area contributed by atoms with Crippen LogP contribution in [0.5, 0.6) is 0 Å². The van der Waals surface area contributed by atoms with Crippen molar-refractivity contribution in [3.05, 3.63) is 187 Å². The van der Waals surface area contributed by atoms with Crippen molar-refractivity contribution in [2.24, 2.45) is 0 Å². The molecule has 13 rings (SSSR count). The molecular formula is C55H35NO2S. The van der Waals surface area contributed by atoms with Crippen molar-refractivity contribution in [3.8, 4) is 22.3 Å². The van der Waals surface area contributed by atoms with Gasteiger partial charge in [-0.2, -0.15) is 0 Å². The van der Waals surface area contributed by atoms with Gasteiger partial charge in [0.2, 0.25) is 0 Å². The van der Waals surface area contributed by atoms with Crippen molar-refractivity contribution in [2.75, 3.05) is 4.90 Å². The van der Waals surface area contributed by atoms with E-state index in [2.05, 4.69) is 183 Å². The molecule has 4 heteroatoms. The molecule has 0 fully saturated rings. The van der Waals surface area contributed by atoms with Crippen LogP contribution in [0.1, 0.15) is 25.0 Å². The number of fused-ring (bicyclic) bond motifs is 13. The molecule has 0 bridgehead atoms. The molecule has 0 spiro atoms. The molecule has 0 unspecified atom stereocenters. The number of hydrogen-bond donors (Lipinski definition) is 0. The van der Waals surface area contributed by atoms with Crippen molar-refractivity contribution in [2.45, 2.75) is 19.3 Å². The van der Waals surface area contributed by atoms with Gasteiger partial charge in [0.25, 0.3) is 0 Å². The first-order chi connectivity index (χ1) is 29.0. The average Bonchev–Trinajstić information content (AvgIpc) is 4.02. The van der Waals surface area contributed by atoms with Crippen LogP contribution in [0, 0.1) is 0 Å². The van der Waals surface area contributed by atoms with Crippen molar-refractivity contribution >= 4 is 103 Å². The van der Waals surface area contributed by atoms with Crippen molar-refractivity contribution in [1.82, 2.24) is 0 Å². The topological polar surface area (TPSA) is 29.5 Å². The first kappa shape index (κ1) is 32.9. The Balaban J connectivity index is 1.08. The number of benzene rings is 9. The number of furan rings is 2. The van der Waals surface area contributed by atoms with Crippen LogP contribution < -0.4 is 4.90 Å². The number of anilines is 3. The van der Waals surface area contributed by atoms with E-state index in [0.29, 0.717) is 0 Å². The lowest BCUT2D eigenvalue weighted by Crippen LogP contribution is -2.16. The van der Waals surface area contributed by atoms with Gasteiger partial charge in [-0.1, -0.05) is 135 Å². The fourth-order valence-corrected chi connectivity index (χ4v) is 11.3. The molecule has 9 aromatic carbocycles. The van der Waals surface area contributed by atoms with Crippen LogP contribution in [0.15, 0.2) is 185 Å². The maximum Gasteiger partial charge on any atom is 0.144 e. The molecule has 1 aliphatic carbocycles. The molecule has 0 saturated heterocycles. The summed E-state index contributed by atoms with van der Waals surface area (Å²) >= 11 is 1.86. The molecule has 3 heterocycles. The molecule has 3 aromatic heterocycles. The Morgan fingerprint density at radius 1 is 0.441 bits per heavy atom. The SMILES string of the molecule is CC1(C)c2ccccc2-c2ccc(N(c3ccc4oc5c(-c6cccc7c6oc6ccccc67)c6ccccc6cc5c4c3)c3cccc4c3sc3ccccc34)cc21. The van der Waals surface area contributed by atoms with Gasteiger partial charge in [0.15, 0.2) is 0 Å². The van der Waals surface area contributed by atoms with Crippen LogP contribution in [0.2, 0.25) is 0 Å². The number of nitrogens with zero attached hydrogens (tertiary/aromatic N) is 1. The lowest BCUT2D eigenvalue weighted by molar-refractivity contribution is 0.660. The molecule has 0 saturated carbocycles. The minimum atomic E-state index is -0.137. The average molecular weight is 774 g/mol. The van der Waals surface area contributed by atoms with E-state index >= 15 is 0 Å². The first-order valence-electron chi connectivity index (χ1n) is 20.2. The fraction of sp³-hybridized carbons (Fsp3) is 0.0545. The van der Waals surface area contributed by atoms with Crippen molar-refractivity contribution in [1.29, 1.82) is 0 Å². The first-order valence-corrected chi connectivity index (χ1v) is 21.1. The normalized spacial score (nSPS) is 13.4. The van der Waals surface area contributed by atoms with E-state index in [0.717, 1.165) is 82.8 Å². The zero-order chi connectivity index (χ0) is 39.0. The Hall–Kier alpha value is -7.14. The van der Waals surface area contributed by atoms with Gasteiger partial charge in [-0.05, 0) is 87.6 Å². The third kappa shape index (κ3) is 4.58. The largest absolute Gasteiger partial charge is 0.455 e. The van der Waals surface area contributed by atoms with Crippen LogP contribution in [0.3, 0.4) is 0 Å². The van der Waals surface area contributed by atoms with Gasteiger partial charge in [-0.15, -0.1) is 11.3 Å². The van der Waals surface area contributed by atoms with Gasteiger partial charge in [0.1, 0.15) is 22.3 Å². The van der Waals surface area contributed by atoms with Gasteiger partial charge in [0, 0.05) is 64.9 Å². The van der Waals surface area contributed by atoms with Crippen molar-refractivity contribution in [3.63, 3.8) is 0 Å². The third-order valence-electron chi connectivity index (χ3n) is 12.8. The van der Waals surface area contributed by atoms with Gasteiger partial charge in [-0.3, -0.25) is 0 Å². The van der Waals surface area contributed by atoms with Crippen LogP contribution in [0.25, 0.3) is 97.1 Å². The third-order valence-corrected chi connectivity index (χ3v) is 14.1. The Labute approximate surface area is 344 Å². The second kappa shape index (κ2) is 12.0. The highest BCUT2D eigenvalue weighted by atomic mass is 32.1. The summed E-state index contributed by atoms with van der Waals surface area (Å²) < 4.78 is 16.2. The summed E-state index contributed by atoms with van der Waals surface area (Å²) in [6.45, 7) is 4.71. The molecule has 1 aliphatic rings. The van der Waals surface area contributed by atoms with E-state index in [1.165, 1.54) is 42.4 Å². The monoisotopic (exact) mass is 773 g/mol. The summed E-state index contributed by atoms with van der Waals surface area (Å²) in [5.41, 5.74) is 14.1. The van der Waals surface area contributed by atoms with E-state index in [4.69, 9.17) is 8.83 Å². The minimum Gasteiger partial charge on any atom is -0.455 e. The number of rotatable bonds is 4. The standard InChI is InChI=1S/C55H35NO2S/c1-55(2)45-21-8-5-15-36(45)37-27-25-34(31-46(37)55)56(47-22-12-19-41-39-17-7-10-24-50(39)59-54(41)47)33-26-28-49-43(30-33)44-29-32-13-3-4-14-35(32)51(53(44)58-49)42-20-11-18-40-38-16-6-9-23-48(38)57-52(40)42/h3-31H,1-2H3. The maximum absolute atomic E-state index is 6.99. The molecule has 0 radical (unpaired) electrons. The van der Waals surface area contributed by atoms with E-state index in [1.807, 2.05) is 23.5 Å². The molecule has 3 nitrogen and oxygen atoms in total. The van der Waals surface area contributed by atoms with E-state index in [9.17, 15) is 0 Å². The van der Waals surface area contributed by atoms with Crippen LogP contribution in [0.4, 0.5) is 17.1 Å². The molecule has 0 aliphatic heterocycles. The summed E-state index contributed by atoms with van der Waals surface area (Å²) in [6.07, 6.45) is 0. The smallest absolute Gasteiger partial charge is 0.144 e. The summed E-state index contributed by atoms with van der Waals surface area (Å²) in [6, 6.07) is 63.9. The van der Waals surface area contributed by atoms with E-state index in [-0.39, 0.29) is 5.41 Å². The second-order valence-corrected chi connectivity index (χ2v) is 17.5. The fourth-order valence-electron chi connectivity index (χ4n) is 10.1. The Kier molecular flexibility index (Phi) is 6.66. The summed E-state index contributed by atoms with van der Waals surface area (Å²) in [5.74, 6) is 0. The lowest BCUT2D eigenvalue weighted by Gasteiger charge is -2.28. The predicted molar refractivity (Wildman–Crippen MR) is 249 cm³/mol. The highest BCUT2D eigenvalue weighted by Crippen LogP contribution is 2.53. The quantitative estimate of drug-likeness (QED) is 0.178. The number of hydrogen-bond acceptors (Lipinski definition) is 4. The molecule has 0 amide bonds. The molecule has 0 atom stereocenters. The number of para-hydroxylation sites is 2. The van der Waals surface area contributed by atoms with Crippen LogP contribution in [-0.2, 0) is 5.41 Å². The van der Waals surface area contributed by atoms with E-state index in [1.54, 1.807) is 0 Å².